The quantitative estimate of drug-likeness (QED) is 0.767. The summed E-state index contributed by atoms with van der Waals surface area (Å²) < 4.78 is 18.3. The van der Waals surface area contributed by atoms with Crippen molar-refractivity contribution in [3.05, 3.63) is 30.1 Å². The van der Waals surface area contributed by atoms with Crippen LogP contribution in [-0.4, -0.2) is 30.4 Å². The van der Waals surface area contributed by atoms with Gasteiger partial charge in [-0.3, -0.25) is 0 Å². The number of aliphatic hydroxyl groups is 1. The predicted octanol–water partition coefficient (Wildman–Crippen LogP) is 1.32. The molecule has 1 aromatic carbocycles. The van der Waals surface area contributed by atoms with Gasteiger partial charge in [-0.1, -0.05) is 12.1 Å². The average Bonchev–Trinajstić information content (AvgIpc) is 3.09. The van der Waals surface area contributed by atoms with Crippen molar-refractivity contribution in [1.82, 2.24) is 5.32 Å². The van der Waals surface area contributed by atoms with E-state index in [2.05, 4.69) is 5.32 Å². The third-order valence-electron chi connectivity index (χ3n) is 2.49. The molecule has 0 aromatic heterocycles. The van der Waals surface area contributed by atoms with Crippen molar-refractivity contribution in [2.75, 3.05) is 13.2 Å². The van der Waals surface area contributed by atoms with E-state index in [1.54, 1.807) is 18.2 Å². The van der Waals surface area contributed by atoms with Crippen molar-refractivity contribution in [1.29, 1.82) is 0 Å². The molecule has 0 amide bonds. The summed E-state index contributed by atoms with van der Waals surface area (Å²) in [4.78, 5) is 0. The number of rotatable bonds is 6. The van der Waals surface area contributed by atoms with Crippen molar-refractivity contribution in [3.63, 3.8) is 0 Å². The Morgan fingerprint density at radius 3 is 2.88 bits per heavy atom. The second kappa shape index (κ2) is 5.27. The summed E-state index contributed by atoms with van der Waals surface area (Å²) in [7, 11) is 0. The number of nitrogens with one attached hydrogen (secondary N) is 1. The number of benzene rings is 1. The fraction of sp³-hybridized carbons (Fsp3) is 0.500. The number of hydrogen-bond acceptors (Lipinski definition) is 3. The fourth-order valence-electron chi connectivity index (χ4n) is 1.40. The third-order valence-corrected chi connectivity index (χ3v) is 2.49. The Morgan fingerprint density at radius 1 is 1.44 bits per heavy atom. The average molecular weight is 225 g/mol. The summed E-state index contributed by atoms with van der Waals surface area (Å²) in [6.45, 7) is 0.611. The minimum absolute atomic E-state index is 0.112. The van der Waals surface area contributed by atoms with E-state index in [4.69, 9.17) is 4.74 Å². The van der Waals surface area contributed by atoms with Gasteiger partial charge < -0.3 is 15.2 Å². The zero-order valence-electron chi connectivity index (χ0n) is 9.03. The maximum atomic E-state index is 13.1. The van der Waals surface area contributed by atoms with Crippen LogP contribution in [0.1, 0.15) is 12.8 Å². The highest BCUT2D eigenvalue weighted by molar-refractivity contribution is 5.23. The van der Waals surface area contributed by atoms with E-state index < -0.39 is 11.9 Å². The second-order valence-corrected chi connectivity index (χ2v) is 4.08. The third kappa shape index (κ3) is 3.47. The second-order valence-electron chi connectivity index (χ2n) is 4.08. The molecule has 1 saturated carbocycles. The fourth-order valence-corrected chi connectivity index (χ4v) is 1.40. The highest BCUT2D eigenvalue weighted by Crippen LogP contribution is 2.18. The monoisotopic (exact) mass is 225 g/mol. The van der Waals surface area contributed by atoms with E-state index in [0.717, 1.165) is 0 Å². The molecule has 1 fully saturated rings. The maximum Gasteiger partial charge on any atom is 0.165 e. The van der Waals surface area contributed by atoms with Crippen LogP contribution in [0.3, 0.4) is 0 Å². The van der Waals surface area contributed by atoms with Gasteiger partial charge in [-0.25, -0.2) is 4.39 Å². The van der Waals surface area contributed by atoms with Crippen molar-refractivity contribution in [2.45, 2.75) is 25.0 Å². The van der Waals surface area contributed by atoms with Crippen LogP contribution in [0.2, 0.25) is 0 Å². The number of hydrogen-bond donors (Lipinski definition) is 2. The Hall–Kier alpha value is -1.13. The Morgan fingerprint density at radius 2 is 2.19 bits per heavy atom. The summed E-state index contributed by atoms with van der Waals surface area (Å²) >= 11 is 0. The molecule has 3 nitrogen and oxygen atoms in total. The molecule has 1 unspecified atom stereocenters. The molecule has 2 N–H and O–H groups in total. The minimum Gasteiger partial charge on any atom is -0.488 e. The summed E-state index contributed by atoms with van der Waals surface area (Å²) in [5.74, 6) is -0.210. The normalized spacial score (nSPS) is 17.1. The Balaban J connectivity index is 1.71. The lowest BCUT2D eigenvalue weighted by Crippen LogP contribution is -2.32. The highest BCUT2D eigenvalue weighted by Gasteiger charge is 2.21. The first kappa shape index (κ1) is 11.4. The molecule has 0 bridgehead atoms. The summed E-state index contributed by atoms with van der Waals surface area (Å²) in [5.41, 5.74) is 0. The van der Waals surface area contributed by atoms with Crippen LogP contribution in [0.5, 0.6) is 5.75 Å². The van der Waals surface area contributed by atoms with Gasteiger partial charge in [-0.05, 0) is 25.0 Å². The number of para-hydroxylation sites is 1. The molecule has 16 heavy (non-hydrogen) atoms. The topological polar surface area (TPSA) is 41.5 Å². The molecule has 1 atom stereocenters. The Kier molecular flexibility index (Phi) is 3.74. The van der Waals surface area contributed by atoms with Crippen molar-refractivity contribution in [3.8, 4) is 5.75 Å². The molecule has 0 radical (unpaired) electrons. The zero-order valence-corrected chi connectivity index (χ0v) is 9.03. The van der Waals surface area contributed by atoms with Crippen molar-refractivity contribution in [2.24, 2.45) is 0 Å². The van der Waals surface area contributed by atoms with Crippen LogP contribution < -0.4 is 10.1 Å². The lowest BCUT2D eigenvalue weighted by molar-refractivity contribution is 0.104. The van der Waals surface area contributed by atoms with Gasteiger partial charge in [-0.15, -0.1) is 0 Å². The summed E-state index contributed by atoms with van der Waals surface area (Å²) in [6.07, 6.45) is 1.77. The van der Waals surface area contributed by atoms with Crippen LogP contribution in [0.25, 0.3) is 0 Å². The molecular formula is C12H16FNO2. The maximum absolute atomic E-state index is 13.1. The molecule has 0 spiro atoms. The molecule has 4 heteroatoms. The highest BCUT2D eigenvalue weighted by atomic mass is 19.1. The molecule has 1 aliphatic carbocycles. The van der Waals surface area contributed by atoms with E-state index in [1.165, 1.54) is 18.9 Å². The van der Waals surface area contributed by atoms with Gasteiger partial charge in [0.2, 0.25) is 0 Å². The van der Waals surface area contributed by atoms with Gasteiger partial charge in [0, 0.05) is 12.6 Å². The van der Waals surface area contributed by atoms with Gasteiger partial charge in [0.25, 0.3) is 0 Å². The van der Waals surface area contributed by atoms with Crippen LogP contribution in [0.4, 0.5) is 4.39 Å². The van der Waals surface area contributed by atoms with Crippen LogP contribution in [0.15, 0.2) is 24.3 Å². The van der Waals surface area contributed by atoms with Gasteiger partial charge in [0.15, 0.2) is 11.6 Å². The van der Waals surface area contributed by atoms with E-state index in [1.807, 2.05) is 0 Å². The first-order valence-corrected chi connectivity index (χ1v) is 5.54. The predicted molar refractivity (Wildman–Crippen MR) is 58.9 cm³/mol. The number of halogens is 1. The number of ether oxygens (including phenoxy) is 1. The van der Waals surface area contributed by atoms with Crippen LogP contribution >= 0.6 is 0 Å². The van der Waals surface area contributed by atoms with E-state index in [-0.39, 0.29) is 12.4 Å². The van der Waals surface area contributed by atoms with Crippen LogP contribution in [0, 0.1) is 5.82 Å². The van der Waals surface area contributed by atoms with Gasteiger partial charge >= 0.3 is 0 Å². The standard InChI is InChI=1S/C12H16FNO2/c13-11-3-1-2-4-12(11)16-8-10(15)7-14-9-5-6-9/h1-4,9-10,14-15H,5-8H2. The van der Waals surface area contributed by atoms with Gasteiger partial charge in [0.05, 0.1) is 0 Å². The van der Waals surface area contributed by atoms with E-state index in [0.29, 0.717) is 12.6 Å². The van der Waals surface area contributed by atoms with Crippen LogP contribution in [-0.2, 0) is 0 Å². The summed E-state index contributed by atoms with van der Waals surface area (Å²) in [6, 6.07) is 6.75. The molecule has 1 aromatic rings. The van der Waals surface area contributed by atoms with Crippen molar-refractivity contribution < 1.29 is 14.2 Å². The van der Waals surface area contributed by atoms with E-state index >= 15 is 0 Å². The SMILES string of the molecule is OC(CNC1CC1)COc1ccccc1F. The zero-order chi connectivity index (χ0) is 11.4. The van der Waals surface area contributed by atoms with Gasteiger partial charge in [0.1, 0.15) is 12.7 Å². The Labute approximate surface area is 94.2 Å². The largest absolute Gasteiger partial charge is 0.488 e. The molecule has 0 heterocycles. The molecule has 88 valence electrons. The molecular weight excluding hydrogens is 209 g/mol. The van der Waals surface area contributed by atoms with Crippen molar-refractivity contribution >= 4 is 0 Å². The molecule has 2 rings (SSSR count). The summed E-state index contributed by atoms with van der Waals surface area (Å²) in [5, 5.41) is 12.8. The molecule has 0 aliphatic heterocycles. The lowest BCUT2D eigenvalue weighted by atomic mass is 10.3. The molecule has 0 saturated heterocycles. The smallest absolute Gasteiger partial charge is 0.165 e. The first-order chi connectivity index (χ1) is 7.75. The Bertz CT molecular complexity index is 342. The van der Waals surface area contributed by atoms with Gasteiger partial charge in [-0.2, -0.15) is 0 Å². The molecule has 1 aliphatic rings. The first-order valence-electron chi connectivity index (χ1n) is 5.54. The number of aliphatic hydroxyl groups excluding tert-OH is 1. The van der Waals surface area contributed by atoms with E-state index in [9.17, 15) is 9.50 Å². The minimum atomic E-state index is -0.597. The lowest BCUT2D eigenvalue weighted by Gasteiger charge is -2.13.